The van der Waals surface area contributed by atoms with Crippen LogP contribution in [0, 0.1) is 5.92 Å². The molecule has 1 aliphatic rings. The fourth-order valence-electron chi connectivity index (χ4n) is 3.46. The van der Waals surface area contributed by atoms with Crippen LogP contribution in [0.15, 0.2) is 4.99 Å². The van der Waals surface area contributed by atoms with E-state index in [0.29, 0.717) is 19.4 Å². The van der Waals surface area contributed by atoms with E-state index in [1.165, 1.54) is 11.8 Å². The van der Waals surface area contributed by atoms with E-state index in [1.54, 1.807) is 13.8 Å². The van der Waals surface area contributed by atoms with Gasteiger partial charge in [0, 0.05) is 13.1 Å². The molecule has 1 saturated heterocycles. The first-order valence-corrected chi connectivity index (χ1v) is 11.0. The number of aliphatic imine (C=N–C) groups is 1. The molecule has 3 amide bonds. The number of hydrogen-bond acceptors (Lipinski definition) is 7. The molecule has 0 aromatic heterocycles. The number of rotatable bonds is 12. The fraction of sp³-hybridized carbons (Fsp3) is 0.750. The lowest BCUT2D eigenvalue weighted by molar-refractivity contribution is -0.144. The third-order valence-corrected chi connectivity index (χ3v) is 5.46. The molecule has 13 heteroatoms. The molecule has 0 aliphatic carbocycles. The van der Waals surface area contributed by atoms with E-state index in [9.17, 15) is 29.4 Å². The van der Waals surface area contributed by atoms with Crippen LogP contribution in [0.5, 0.6) is 0 Å². The van der Waals surface area contributed by atoms with E-state index in [4.69, 9.17) is 17.2 Å². The van der Waals surface area contributed by atoms with Crippen molar-refractivity contribution in [2.45, 2.75) is 76.7 Å². The number of aliphatic hydroxyl groups excluding tert-OH is 1. The molecule has 1 heterocycles. The van der Waals surface area contributed by atoms with E-state index >= 15 is 0 Å². The number of hydrogen-bond donors (Lipinski definition) is 7. The number of carbonyl (C=O) groups is 4. The Morgan fingerprint density at radius 3 is 2.30 bits per heavy atom. The summed E-state index contributed by atoms with van der Waals surface area (Å²) in [5, 5.41) is 24.2. The summed E-state index contributed by atoms with van der Waals surface area (Å²) < 4.78 is 0. The molecule has 0 aromatic carbocycles. The highest BCUT2D eigenvalue weighted by atomic mass is 16.4. The Kier molecular flexibility index (Phi) is 11.0. The number of carbonyl (C=O) groups excluding carboxylic acids is 3. The molecular weight excluding hydrogens is 434 g/mol. The summed E-state index contributed by atoms with van der Waals surface area (Å²) in [4.78, 5) is 54.9. The van der Waals surface area contributed by atoms with E-state index in [1.807, 2.05) is 0 Å². The Morgan fingerprint density at radius 2 is 1.79 bits per heavy atom. The Bertz CT molecular complexity index is 738. The summed E-state index contributed by atoms with van der Waals surface area (Å²) in [6.07, 6.45) is -0.00346. The maximum Gasteiger partial charge on any atom is 0.326 e. The van der Waals surface area contributed by atoms with Gasteiger partial charge >= 0.3 is 5.97 Å². The molecule has 0 spiro atoms. The normalized spacial score (nSPS) is 19.3. The van der Waals surface area contributed by atoms with Crippen molar-refractivity contribution in [2.75, 3.05) is 13.1 Å². The molecule has 188 valence electrons. The Balaban J connectivity index is 2.83. The van der Waals surface area contributed by atoms with Gasteiger partial charge in [-0.3, -0.25) is 19.4 Å². The van der Waals surface area contributed by atoms with Gasteiger partial charge in [-0.2, -0.15) is 0 Å². The van der Waals surface area contributed by atoms with Gasteiger partial charge < -0.3 is 42.9 Å². The van der Waals surface area contributed by atoms with Crippen molar-refractivity contribution in [3.05, 3.63) is 0 Å². The zero-order valence-electron chi connectivity index (χ0n) is 19.4. The van der Waals surface area contributed by atoms with Crippen LogP contribution in [0.4, 0.5) is 0 Å². The van der Waals surface area contributed by atoms with Gasteiger partial charge in [-0.05, 0) is 38.5 Å². The van der Waals surface area contributed by atoms with E-state index in [0.717, 1.165) is 0 Å². The Morgan fingerprint density at radius 1 is 1.15 bits per heavy atom. The number of amides is 3. The van der Waals surface area contributed by atoms with Crippen molar-refractivity contribution in [3.63, 3.8) is 0 Å². The maximum absolute atomic E-state index is 12.9. The standard InChI is InChI=1S/C20H37N7O6/c1-10(2)14(21)18(31)27-9-5-7-13(27)16(29)26-15(11(3)28)17(30)25-12(19(32)33)6-4-8-24-20(22)23/h10-15,28H,4-9,21H2,1-3H3,(H,25,30)(H,26,29)(H,32,33)(H4,22,23,24). The molecule has 13 nitrogen and oxygen atoms in total. The fourth-order valence-corrected chi connectivity index (χ4v) is 3.46. The van der Waals surface area contributed by atoms with Crippen LogP contribution in [0.1, 0.15) is 46.5 Å². The number of guanidine groups is 1. The van der Waals surface area contributed by atoms with Crippen LogP contribution in [-0.2, 0) is 19.2 Å². The number of nitrogens with zero attached hydrogens (tertiary/aromatic N) is 2. The van der Waals surface area contributed by atoms with Gasteiger partial charge in [0.25, 0.3) is 0 Å². The quantitative estimate of drug-likeness (QED) is 0.0901. The van der Waals surface area contributed by atoms with Gasteiger partial charge in [-0.15, -0.1) is 0 Å². The molecule has 1 rings (SSSR count). The van der Waals surface area contributed by atoms with Gasteiger partial charge in [0.1, 0.15) is 18.1 Å². The molecule has 5 atom stereocenters. The number of nitrogens with two attached hydrogens (primary N) is 3. The second-order valence-electron chi connectivity index (χ2n) is 8.53. The predicted octanol–water partition coefficient (Wildman–Crippen LogP) is -2.55. The minimum atomic E-state index is -1.41. The number of likely N-dealkylation sites (tertiary alicyclic amines) is 1. The molecule has 0 bridgehead atoms. The van der Waals surface area contributed by atoms with Crippen LogP contribution in [0.25, 0.3) is 0 Å². The largest absolute Gasteiger partial charge is 0.480 e. The van der Waals surface area contributed by atoms with E-state index in [2.05, 4.69) is 15.6 Å². The smallest absolute Gasteiger partial charge is 0.326 e. The Hall–Kier alpha value is -2.93. The zero-order valence-corrected chi connectivity index (χ0v) is 19.4. The molecule has 0 aromatic rings. The van der Waals surface area contributed by atoms with Crippen LogP contribution < -0.4 is 27.8 Å². The summed E-state index contributed by atoms with van der Waals surface area (Å²) in [5.41, 5.74) is 16.4. The molecule has 1 fully saturated rings. The van der Waals surface area contributed by atoms with Crippen molar-refractivity contribution in [2.24, 2.45) is 28.1 Å². The lowest BCUT2D eigenvalue weighted by Gasteiger charge is -2.30. The second kappa shape index (κ2) is 12.9. The lowest BCUT2D eigenvalue weighted by Crippen LogP contribution is -2.59. The Labute approximate surface area is 193 Å². The number of carboxylic acids is 1. The highest BCUT2D eigenvalue weighted by Crippen LogP contribution is 2.20. The van der Waals surface area contributed by atoms with Gasteiger partial charge in [0.2, 0.25) is 17.7 Å². The second-order valence-corrected chi connectivity index (χ2v) is 8.53. The van der Waals surface area contributed by atoms with Crippen molar-refractivity contribution < 1.29 is 29.4 Å². The summed E-state index contributed by atoms with van der Waals surface area (Å²) in [5.74, 6) is -3.35. The highest BCUT2D eigenvalue weighted by molar-refractivity contribution is 5.94. The number of carboxylic acid groups (broad SMARTS) is 1. The first kappa shape index (κ1) is 28.1. The zero-order chi connectivity index (χ0) is 25.3. The van der Waals surface area contributed by atoms with Crippen molar-refractivity contribution >= 4 is 29.7 Å². The predicted molar refractivity (Wildman–Crippen MR) is 121 cm³/mol. The molecule has 10 N–H and O–H groups in total. The van der Waals surface area contributed by atoms with Gasteiger partial charge in [0.05, 0.1) is 12.1 Å². The molecule has 0 radical (unpaired) electrons. The van der Waals surface area contributed by atoms with Gasteiger partial charge in [0.15, 0.2) is 5.96 Å². The SMILES string of the molecule is CC(C)C(N)C(=O)N1CCCC1C(=O)NC(C(=O)NC(CCCN=C(N)N)C(=O)O)C(C)O. The van der Waals surface area contributed by atoms with Crippen molar-refractivity contribution in [3.8, 4) is 0 Å². The van der Waals surface area contributed by atoms with Crippen LogP contribution in [-0.4, -0.2) is 88.1 Å². The van der Waals surface area contributed by atoms with Crippen LogP contribution >= 0.6 is 0 Å². The maximum atomic E-state index is 12.9. The highest BCUT2D eigenvalue weighted by Gasteiger charge is 2.39. The van der Waals surface area contributed by atoms with Crippen LogP contribution in [0.2, 0.25) is 0 Å². The van der Waals surface area contributed by atoms with Crippen molar-refractivity contribution in [1.82, 2.24) is 15.5 Å². The topological polar surface area (TPSA) is 226 Å². The molecule has 1 aliphatic heterocycles. The van der Waals surface area contributed by atoms with Crippen molar-refractivity contribution in [1.29, 1.82) is 0 Å². The molecule has 33 heavy (non-hydrogen) atoms. The first-order chi connectivity index (χ1) is 15.4. The van der Waals surface area contributed by atoms with E-state index in [-0.39, 0.29) is 37.2 Å². The third-order valence-electron chi connectivity index (χ3n) is 5.46. The van der Waals surface area contributed by atoms with Gasteiger partial charge in [-0.1, -0.05) is 13.8 Å². The average molecular weight is 472 g/mol. The number of nitrogens with one attached hydrogen (secondary N) is 2. The minimum absolute atomic E-state index is 0.0380. The molecule has 0 saturated carbocycles. The van der Waals surface area contributed by atoms with Crippen LogP contribution in [0.3, 0.4) is 0 Å². The summed E-state index contributed by atoms with van der Waals surface area (Å²) >= 11 is 0. The summed E-state index contributed by atoms with van der Waals surface area (Å²) in [6, 6.07) is -4.26. The lowest BCUT2D eigenvalue weighted by atomic mass is 10.0. The molecule has 5 unspecified atom stereocenters. The summed E-state index contributed by atoms with van der Waals surface area (Å²) in [7, 11) is 0. The summed E-state index contributed by atoms with van der Waals surface area (Å²) in [6.45, 7) is 5.45. The molecular formula is C20H37N7O6. The first-order valence-electron chi connectivity index (χ1n) is 11.0. The monoisotopic (exact) mass is 471 g/mol. The van der Waals surface area contributed by atoms with E-state index < -0.39 is 48.1 Å². The number of aliphatic hydroxyl groups is 1. The third kappa shape index (κ3) is 8.50. The average Bonchev–Trinajstić information content (AvgIpc) is 3.21. The van der Waals surface area contributed by atoms with Gasteiger partial charge in [-0.25, -0.2) is 4.79 Å². The minimum Gasteiger partial charge on any atom is -0.480 e. The number of aliphatic carboxylic acids is 1.